The van der Waals surface area contributed by atoms with E-state index in [1.54, 1.807) is 16.8 Å². The van der Waals surface area contributed by atoms with E-state index in [0.717, 1.165) is 29.8 Å². The van der Waals surface area contributed by atoms with Crippen LogP contribution in [0.5, 0.6) is 0 Å². The first-order chi connectivity index (χ1) is 14.0. The number of pyridine rings is 1. The van der Waals surface area contributed by atoms with Crippen LogP contribution in [0.15, 0.2) is 24.4 Å². The third-order valence-corrected chi connectivity index (χ3v) is 6.97. The Bertz CT molecular complexity index is 915. The molecule has 7 nitrogen and oxygen atoms in total. The zero-order chi connectivity index (χ0) is 20.0. The predicted molar refractivity (Wildman–Crippen MR) is 105 cm³/mol. The fraction of sp³-hybridized carbons (Fsp3) is 0.591. The van der Waals surface area contributed by atoms with Crippen LogP contribution < -0.4 is 5.32 Å². The molecule has 0 spiro atoms. The second-order valence-electron chi connectivity index (χ2n) is 9.32. The Hall–Kier alpha value is -2.41. The molecule has 154 valence electrons. The number of rotatable bonds is 6. The summed E-state index contributed by atoms with van der Waals surface area (Å²) in [6.07, 6.45) is 9.82. The van der Waals surface area contributed by atoms with Crippen LogP contribution in [0, 0.1) is 23.2 Å². The Morgan fingerprint density at radius 2 is 1.90 bits per heavy atom. The highest BCUT2D eigenvalue weighted by Gasteiger charge is 2.50. The lowest BCUT2D eigenvalue weighted by molar-refractivity contribution is -0.278. The molecule has 4 fully saturated rings. The summed E-state index contributed by atoms with van der Waals surface area (Å²) in [6.45, 7) is 2.08. The van der Waals surface area contributed by atoms with Crippen LogP contribution in [-0.4, -0.2) is 28.0 Å². The summed E-state index contributed by atoms with van der Waals surface area (Å²) >= 11 is 0. The van der Waals surface area contributed by atoms with Gasteiger partial charge in [0.1, 0.15) is 6.61 Å². The summed E-state index contributed by atoms with van der Waals surface area (Å²) in [5.74, 6) is 2.04. The van der Waals surface area contributed by atoms with Crippen molar-refractivity contribution in [3.05, 3.63) is 35.7 Å². The largest absolute Gasteiger partial charge is 0.351 e. The number of carbonyl (C=O) groups is 2. The van der Waals surface area contributed by atoms with Gasteiger partial charge in [0.05, 0.1) is 16.8 Å². The number of carbonyl (C=O) groups excluding carboxylic acids is 2. The summed E-state index contributed by atoms with van der Waals surface area (Å²) in [7, 11) is 0. The summed E-state index contributed by atoms with van der Waals surface area (Å²) in [5.41, 5.74) is 2.21. The molecule has 4 bridgehead atoms. The molecule has 4 aliphatic rings. The van der Waals surface area contributed by atoms with Gasteiger partial charge in [-0.3, -0.25) is 9.68 Å². The van der Waals surface area contributed by atoms with Gasteiger partial charge in [-0.2, -0.15) is 9.99 Å². The predicted octanol–water partition coefficient (Wildman–Crippen LogP) is 3.28. The van der Waals surface area contributed by atoms with Gasteiger partial charge in [-0.15, -0.1) is 0 Å². The van der Waals surface area contributed by atoms with Crippen molar-refractivity contribution in [2.45, 2.75) is 52.1 Å². The molecule has 0 atom stereocenters. The molecule has 7 heteroatoms. The van der Waals surface area contributed by atoms with Crippen LogP contribution in [0.3, 0.4) is 0 Å². The van der Waals surface area contributed by atoms with Crippen molar-refractivity contribution in [2.75, 3.05) is 6.54 Å². The maximum Gasteiger partial charge on any atom is 0.339 e. The molecule has 2 heterocycles. The Labute approximate surface area is 169 Å². The molecule has 0 radical (unpaired) electrons. The van der Waals surface area contributed by atoms with Gasteiger partial charge in [0.25, 0.3) is 5.91 Å². The van der Waals surface area contributed by atoms with Crippen LogP contribution in [0.4, 0.5) is 0 Å². The number of nitrogens with zero attached hydrogens (tertiary/aromatic N) is 2. The first kappa shape index (κ1) is 18.6. The number of hydrogen-bond acceptors (Lipinski definition) is 5. The lowest BCUT2D eigenvalue weighted by atomic mass is 9.49. The zero-order valence-corrected chi connectivity index (χ0v) is 16.7. The quantitative estimate of drug-likeness (QED) is 0.598. The van der Waals surface area contributed by atoms with Gasteiger partial charge in [0.2, 0.25) is 0 Å². The van der Waals surface area contributed by atoms with Crippen molar-refractivity contribution in [1.29, 1.82) is 0 Å². The van der Waals surface area contributed by atoms with Gasteiger partial charge < -0.3 is 5.32 Å². The maximum absolute atomic E-state index is 13.0. The number of amides is 1. The lowest BCUT2D eigenvalue weighted by Gasteiger charge is -2.56. The van der Waals surface area contributed by atoms with E-state index >= 15 is 0 Å². The van der Waals surface area contributed by atoms with E-state index in [-0.39, 0.29) is 12.5 Å². The Kier molecular flexibility index (Phi) is 4.57. The number of nitrogens with one attached hydrogen (secondary N) is 1. The number of fused-ring (bicyclic) bond motifs is 1. The van der Waals surface area contributed by atoms with Crippen LogP contribution in [-0.2, 0) is 21.2 Å². The van der Waals surface area contributed by atoms with Crippen molar-refractivity contribution in [3.8, 4) is 0 Å². The van der Waals surface area contributed by atoms with E-state index in [0.29, 0.717) is 16.7 Å². The lowest BCUT2D eigenvalue weighted by Crippen LogP contribution is -2.51. The summed E-state index contributed by atoms with van der Waals surface area (Å²) < 4.78 is 1.66. The summed E-state index contributed by atoms with van der Waals surface area (Å²) in [5, 5.41) is 7.62. The first-order valence-corrected chi connectivity index (χ1v) is 10.6. The van der Waals surface area contributed by atoms with Crippen molar-refractivity contribution in [2.24, 2.45) is 23.2 Å². The first-order valence-electron chi connectivity index (χ1n) is 10.6. The van der Waals surface area contributed by atoms with Crippen molar-refractivity contribution in [3.63, 3.8) is 0 Å². The maximum atomic E-state index is 13.0. The standard InChI is InChI=1S/C22H27N3O4/c1-14(26)29-28-12-18-8-20-19(3-2-4-25(20)24-18)21(27)23-13-22-9-15-5-16(10-22)7-17(6-15)11-22/h2-4,8,15-17H,5-7,9-13H2,1H3,(H,23,27). The Morgan fingerprint density at radius 3 is 2.55 bits per heavy atom. The average Bonchev–Trinajstić information content (AvgIpc) is 3.07. The SMILES string of the molecule is CC(=O)OOCc1cc2c(C(=O)NCC34CC5CC(CC(C5)C3)C4)cccn2n1. The van der Waals surface area contributed by atoms with Crippen LogP contribution in [0.1, 0.15) is 61.5 Å². The van der Waals surface area contributed by atoms with Gasteiger partial charge in [-0.05, 0) is 79.9 Å². The highest BCUT2D eigenvalue weighted by Crippen LogP contribution is 2.59. The molecule has 0 aromatic carbocycles. The van der Waals surface area contributed by atoms with Crippen LogP contribution >= 0.6 is 0 Å². The smallest absolute Gasteiger partial charge is 0.339 e. The second-order valence-corrected chi connectivity index (χ2v) is 9.32. The molecule has 2 aromatic heterocycles. The monoisotopic (exact) mass is 397 g/mol. The fourth-order valence-corrected chi connectivity index (χ4v) is 6.37. The van der Waals surface area contributed by atoms with E-state index in [9.17, 15) is 9.59 Å². The van der Waals surface area contributed by atoms with E-state index in [1.165, 1.54) is 45.4 Å². The number of hydrogen-bond donors (Lipinski definition) is 1. The summed E-state index contributed by atoms with van der Waals surface area (Å²) in [6, 6.07) is 5.43. The van der Waals surface area contributed by atoms with Crippen molar-refractivity contribution < 1.29 is 19.4 Å². The molecular formula is C22H27N3O4. The molecule has 6 rings (SSSR count). The van der Waals surface area contributed by atoms with Gasteiger partial charge in [-0.25, -0.2) is 9.31 Å². The molecule has 2 aromatic rings. The minimum absolute atomic E-state index is 0.0373. The summed E-state index contributed by atoms with van der Waals surface area (Å²) in [4.78, 5) is 33.2. The molecule has 1 N–H and O–H groups in total. The normalized spacial score (nSPS) is 29.9. The molecule has 29 heavy (non-hydrogen) atoms. The van der Waals surface area contributed by atoms with Gasteiger partial charge in [-0.1, -0.05) is 0 Å². The highest BCUT2D eigenvalue weighted by atomic mass is 17.2. The topological polar surface area (TPSA) is 81.9 Å². The Morgan fingerprint density at radius 1 is 1.21 bits per heavy atom. The third-order valence-electron chi connectivity index (χ3n) is 6.97. The second kappa shape index (κ2) is 7.13. The van der Waals surface area contributed by atoms with Crippen molar-refractivity contribution >= 4 is 17.4 Å². The van der Waals surface area contributed by atoms with Gasteiger partial charge in [0.15, 0.2) is 0 Å². The van der Waals surface area contributed by atoms with E-state index in [2.05, 4.69) is 15.3 Å². The molecule has 0 aliphatic heterocycles. The minimum Gasteiger partial charge on any atom is -0.351 e. The van der Waals surface area contributed by atoms with E-state index < -0.39 is 5.97 Å². The van der Waals surface area contributed by atoms with Crippen molar-refractivity contribution in [1.82, 2.24) is 14.9 Å². The van der Waals surface area contributed by atoms with Gasteiger partial charge in [0, 0.05) is 19.7 Å². The molecule has 0 unspecified atom stereocenters. The van der Waals surface area contributed by atoms with Crippen LogP contribution in [0.25, 0.3) is 5.52 Å². The van der Waals surface area contributed by atoms with E-state index in [4.69, 9.17) is 4.89 Å². The molecule has 4 saturated carbocycles. The number of aromatic nitrogens is 2. The molecular weight excluding hydrogens is 370 g/mol. The third kappa shape index (κ3) is 3.64. The van der Waals surface area contributed by atoms with Crippen LogP contribution in [0.2, 0.25) is 0 Å². The Balaban J connectivity index is 1.28. The molecule has 4 aliphatic carbocycles. The average molecular weight is 397 g/mol. The highest BCUT2D eigenvalue weighted by molar-refractivity contribution is 6.00. The zero-order valence-electron chi connectivity index (χ0n) is 16.7. The molecule has 1 amide bonds. The minimum atomic E-state index is -0.515. The molecule has 0 saturated heterocycles. The van der Waals surface area contributed by atoms with Gasteiger partial charge >= 0.3 is 5.97 Å². The fourth-order valence-electron chi connectivity index (χ4n) is 6.37. The van der Waals surface area contributed by atoms with E-state index in [1.807, 2.05) is 12.1 Å².